The Hall–Kier alpha value is -2.92. The number of fused-ring (bicyclic) bond motifs is 1. The van der Waals surface area contributed by atoms with E-state index in [1.54, 1.807) is 36.4 Å². The summed E-state index contributed by atoms with van der Waals surface area (Å²) in [4.78, 5) is 8.24. The minimum atomic E-state index is -0.361. The maximum absolute atomic E-state index is 14.3. The molecule has 0 aliphatic carbocycles. The van der Waals surface area contributed by atoms with E-state index in [0.717, 1.165) is 0 Å². The van der Waals surface area contributed by atoms with Crippen molar-refractivity contribution in [2.45, 2.75) is 0 Å². The van der Waals surface area contributed by atoms with E-state index in [2.05, 4.69) is 16.6 Å². The van der Waals surface area contributed by atoms with Crippen molar-refractivity contribution in [1.82, 2.24) is 4.98 Å². The highest BCUT2D eigenvalue weighted by atomic mass is 35.5. The fraction of sp³-hybridized carbons (Fsp3) is 0. The van der Waals surface area contributed by atoms with Gasteiger partial charge in [-0.2, -0.15) is 0 Å². The average molecular weight is 341 g/mol. The molecule has 3 rings (SSSR count). The van der Waals surface area contributed by atoms with Crippen molar-refractivity contribution >= 4 is 34.2 Å². The number of aromatic nitrogens is 1. The van der Waals surface area contributed by atoms with E-state index in [0.29, 0.717) is 38.3 Å². The topological polar surface area (TPSA) is 77.3 Å². The van der Waals surface area contributed by atoms with Gasteiger partial charge < -0.3 is 11.5 Å². The smallest absolute Gasteiger partial charge is 0.191 e. The van der Waals surface area contributed by atoms with E-state index in [1.165, 1.54) is 12.3 Å². The summed E-state index contributed by atoms with van der Waals surface area (Å²) in [6.45, 7) is 3.84. The molecule has 0 bridgehead atoms. The first kappa shape index (κ1) is 16.0. The predicted octanol–water partition coefficient (Wildman–Crippen LogP) is 3.94. The van der Waals surface area contributed by atoms with Crippen molar-refractivity contribution in [3.05, 3.63) is 71.6 Å². The molecule has 6 heteroatoms. The van der Waals surface area contributed by atoms with Crippen LogP contribution in [0, 0.1) is 5.82 Å². The zero-order valence-electron chi connectivity index (χ0n) is 12.6. The van der Waals surface area contributed by atoms with Gasteiger partial charge in [0.1, 0.15) is 5.82 Å². The van der Waals surface area contributed by atoms with Gasteiger partial charge in [0.05, 0.1) is 16.2 Å². The SMILES string of the molecule is C=C(N=C(N)N)c1ccc2ncc(Cl)c(-c3ccccc3F)c2c1. The molecule has 24 heavy (non-hydrogen) atoms. The molecule has 0 radical (unpaired) electrons. The van der Waals surface area contributed by atoms with E-state index in [1.807, 2.05) is 0 Å². The highest BCUT2D eigenvalue weighted by Gasteiger charge is 2.14. The molecule has 0 saturated heterocycles. The van der Waals surface area contributed by atoms with Crippen molar-refractivity contribution in [3.8, 4) is 11.1 Å². The number of hydrogen-bond acceptors (Lipinski definition) is 2. The van der Waals surface area contributed by atoms with Gasteiger partial charge in [-0.15, -0.1) is 0 Å². The van der Waals surface area contributed by atoms with Gasteiger partial charge in [0.15, 0.2) is 5.96 Å². The van der Waals surface area contributed by atoms with E-state index >= 15 is 0 Å². The van der Waals surface area contributed by atoms with Gasteiger partial charge in [-0.1, -0.05) is 42.4 Å². The number of aliphatic imine (C=N–C) groups is 1. The summed E-state index contributed by atoms with van der Waals surface area (Å²) < 4.78 is 14.3. The van der Waals surface area contributed by atoms with Gasteiger partial charge in [0.2, 0.25) is 0 Å². The molecule has 1 heterocycles. The van der Waals surface area contributed by atoms with Gasteiger partial charge in [-0.05, 0) is 18.2 Å². The Balaban J connectivity index is 2.29. The normalized spacial score (nSPS) is 10.6. The van der Waals surface area contributed by atoms with Gasteiger partial charge in [-0.3, -0.25) is 4.98 Å². The Morgan fingerprint density at radius 2 is 1.92 bits per heavy atom. The Morgan fingerprint density at radius 3 is 2.62 bits per heavy atom. The molecule has 0 unspecified atom stereocenters. The molecule has 0 spiro atoms. The van der Waals surface area contributed by atoms with Gasteiger partial charge >= 0.3 is 0 Å². The third-order valence-corrected chi connectivity index (χ3v) is 3.85. The van der Waals surface area contributed by atoms with Gasteiger partial charge in [0.25, 0.3) is 0 Å². The standard InChI is InChI=1S/C18H14ClFN4/c1-10(24-18(21)22)11-6-7-16-13(8-11)17(14(19)9-23-16)12-4-2-3-5-15(12)20/h2-9H,1H2,(H4,21,22,24). The number of hydrogen-bond donors (Lipinski definition) is 2. The Kier molecular flexibility index (Phi) is 4.18. The summed E-state index contributed by atoms with van der Waals surface area (Å²) in [7, 11) is 0. The number of nitrogens with two attached hydrogens (primary N) is 2. The monoisotopic (exact) mass is 340 g/mol. The minimum absolute atomic E-state index is 0.0846. The summed E-state index contributed by atoms with van der Waals surface area (Å²) >= 11 is 6.31. The molecular weight excluding hydrogens is 327 g/mol. The molecule has 0 aliphatic rings. The molecule has 120 valence electrons. The van der Waals surface area contributed by atoms with Crippen LogP contribution in [-0.4, -0.2) is 10.9 Å². The summed E-state index contributed by atoms with van der Waals surface area (Å²) in [5.74, 6) is -0.445. The molecule has 4 nitrogen and oxygen atoms in total. The van der Waals surface area contributed by atoms with Crippen LogP contribution < -0.4 is 11.5 Å². The van der Waals surface area contributed by atoms with Crippen molar-refractivity contribution in [2.24, 2.45) is 16.5 Å². The van der Waals surface area contributed by atoms with Crippen LogP contribution in [0.1, 0.15) is 5.56 Å². The van der Waals surface area contributed by atoms with Crippen LogP contribution in [0.5, 0.6) is 0 Å². The second-order valence-corrected chi connectivity index (χ2v) is 5.58. The highest BCUT2D eigenvalue weighted by Crippen LogP contribution is 2.36. The lowest BCUT2D eigenvalue weighted by Gasteiger charge is -2.11. The van der Waals surface area contributed by atoms with E-state index in [-0.39, 0.29) is 11.8 Å². The fourth-order valence-corrected chi connectivity index (χ4v) is 2.76. The second-order valence-electron chi connectivity index (χ2n) is 5.18. The van der Waals surface area contributed by atoms with Crippen LogP contribution in [0.4, 0.5) is 4.39 Å². The first-order chi connectivity index (χ1) is 11.5. The zero-order chi connectivity index (χ0) is 17.3. The van der Waals surface area contributed by atoms with Crippen LogP contribution in [0.25, 0.3) is 27.7 Å². The molecule has 0 fully saturated rings. The van der Waals surface area contributed by atoms with Crippen LogP contribution in [-0.2, 0) is 0 Å². The van der Waals surface area contributed by atoms with Gasteiger partial charge in [0, 0.05) is 28.3 Å². The largest absolute Gasteiger partial charge is 0.370 e. The molecular formula is C18H14ClFN4. The first-order valence-corrected chi connectivity index (χ1v) is 7.47. The number of benzene rings is 2. The van der Waals surface area contributed by atoms with Crippen molar-refractivity contribution < 1.29 is 4.39 Å². The number of pyridine rings is 1. The molecule has 2 aromatic carbocycles. The lowest BCUT2D eigenvalue weighted by atomic mass is 9.98. The molecule has 3 aromatic rings. The Bertz CT molecular complexity index is 978. The zero-order valence-corrected chi connectivity index (χ0v) is 13.4. The van der Waals surface area contributed by atoms with E-state index in [4.69, 9.17) is 23.1 Å². The maximum atomic E-state index is 14.3. The average Bonchev–Trinajstić information content (AvgIpc) is 2.54. The number of rotatable bonds is 3. The minimum Gasteiger partial charge on any atom is -0.370 e. The summed E-state index contributed by atoms with van der Waals surface area (Å²) in [6.07, 6.45) is 1.51. The maximum Gasteiger partial charge on any atom is 0.191 e. The first-order valence-electron chi connectivity index (χ1n) is 7.09. The molecule has 0 atom stereocenters. The fourth-order valence-electron chi connectivity index (χ4n) is 2.51. The molecule has 0 amide bonds. The molecule has 0 saturated carbocycles. The predicted molar refractivity (Wildman–Crippen MR) is 97.0 cm³/mol. The van der Waals surface area contributed by atoms with Crippen LogP contribution in [0.15, 0.2) is 60.2 Å². The lowest BCUT2D eigenvalue weighted by molar-refractivity contribution is 0.631. The quantitative estimate of drug-likeness (QED) is 0.560. The summed E-state index contributed by atoms with van der Waals surface area (Å²) in [5, 5.41) is 1.05. The molecule has 1 aromatic heterocycles. The van der Waals surface area contributed by atoms with Crippen LogP contribution in [0.3, 0.4) is 0 Å². The van der Waals surface area contributed by atoms with Gasteiger partial charge in [-0.25, -0.2) is 9.38 Å². The van der Waals surface area contributed by atoms with E-state index < -0.39 is 0 Å². The number of guanidine groups is 1. The lowest BCUT2D eigenvalue weighted by Crippen LogP contribution is -2.22. The van der Waals surface area contributed by atoms with Crippen LogP contribution >= 0.6 is 11.6 Å². The molecule has 0 aliphatic heterocycles. The number of nitrogens with zero attached hydrogens (tertiary/aromatic N) is 2. The van der Waals surface area contributed by atoms with E-state index in [9.17, 15) is 4.39 Å². The number of halogens is 2. The van der Waals surface area contributed by atoms with Crippen LogP contribution in [0.2, 0.25) is 5.02 Å². The Morgan fingerprint density at radius 1 is 1.17 bits per heavy atom. The van der Waals surface area contributed by atoms with Crippen molar-refractivity contribution in [1.29, 1.82) is 0 Å². The summed E-state index contributed by atoms with van der Waals surface area (Å²) in [6, 6.07) is 11.8. The van der Waals surface area contributed by atoms with Crippen molar-refractivity contribution in [3.63, 3.8) is 0 Å². The highest BCUT2D eigenvalue weighted by molar-refractivity contribution is 6.34. The second kappa shape index (κ2) is 6.29. The molecule has 4 N–H and O–H groups in total. The summed E-state index contributed by atoms with van der Waals surface area (Å²) in [5.41, 5.74) is 13.5. The van der Waals surface area contributed by atoms with Crippen molar-refractivity contribution in [2.75, 3.05) is 0 Å². The third-order valence-electron chi connectivity index (χ3n) is 3.56. The Labute approximate surface area is 143 Å². The third kappa shape index (κ3) is 2.94.